The van der Waals surface area contributed by atoms with E-state index in [9.17, 15) is 18.0 Å². The molecule has 0 aromatic heterocycles. The van der Waals surface area contributed by atoms with Crippen molar-refractivity contribution in [1.29, 1.82) is 0 Å². The van der Waals surface area contributed by atoms with Gasteiger partial charge >= 0.3 is 5.97 Å². The van der Waals surface area contributed by atoms with Gasteiger partial charge in [-0.15, -0.1) is 0 Å². The Kier molecular flexibility index (Phi) is 5.85. The summed E-state index contributed by atoms with van der Waals surface area (Å²) in [7, 11) is -3.55. The van der Waals surface area contributed by atoms with E-state index < -0.39 is 21.4 Å². The van der Waals surface area contributed by atoms with Gasteiger partial charge in [0.25, 0.3) is 0 Å². The standard InChI is InChI=1S/C15H21NO5S/c1-5-16-22(19,20)12-8-6-11(7-9-12)14(18)21-10-13(17)15(2,3)4/h6-9,16H,5,10H2,1-4H3. The highest BCUT2D eigenvalue weighted by Gasteiger charge is 2.23. The Morgan fingerprint density at radius 1 is 1.14 bits per heavy atom. The van der Waals surface area contributed by atoms with Crippen molar-refractivity contribution in [2.45, 2.75) is 32.6 Å². The summed E-state index contributed by atoms with van der Waals surface area (Å²) in [6.07, 6.45) is 0. The summed E-state index contributed by atoms with van der Waals surface area (Å²) in [5, 5.41) is 0. The van der Waals surface area contributed by atoms with Gasteiger partial charge in [-0.05, 0) is 24.3 Å². The minimum Gasteiger partial charge on any atom is -0.454 e. The maximum Gasteiger partial charge on any atom is 0.338 e. The lowest BCUT2D eigenvalue weighted by Crippen LogP contribution is -2.26. The predicted molar refractivity (Wildman–Crippen MR) is 82.0 cm³/mol. The number of carbonyl (C=O) groups excluding carboxylic acids is 2. The molecule has 1 aromatic rings. The van der Waals surface area contributed by atoms with E-state index in [2.05, 4.69) is 4.72 Å². The van der Waals surface area contributed by atoms with E-state index in [1.807, 2.05) is 0 Å². The average molecular weight is 327 g/mol. The molecule has 0 fully saturated rings. The van der Waals surface area contributed by atoms with Crippen LogP contribution in [0, 0.1) is 5.41 Å². The zero-order valence-corrected chi connectivity index (χ0v) is 14.0. The van der Waals surface area contributed by atoms with Gasteiger partial charge in [-0.2, -0.15) is 0 Å². The first-order chi connectivity index (χ1) is 10.1. The Morgan fingerprint density at radius 2 is 1.68 bits per heavy atom. The van der Waals surface area contributed by atoms with Gasteiger partial charge in [0.2, 0.25) is 10.0 Å². The summed E-state index contributed by atoms with van der Waals surface area (Å²) in [5.41, 5.74) is -0.388. The number of sulfonamides is 1. The Morgan fingerprint density at radius 3 is 2.14 bits per heavy atom. The van der Waals surface area contributed by atoms with Gasteiger partial charge in [0.1, 0.15) is 0 Å². The highest BCUT2D eigenvalue weighted by molar-refractivity contribution is 7.89. The molecule has 0 radical (unpaired) electrons. The van der Waals surface area contributed by atoms with Crippen LogP contribution in [-0.4, -0.2) is 33.3 Å². The Balaban J connectivity index is 2.75. The van der Waals surface area contributed by atoms with Crippen LogP contribution in [0.5, 0.6) is 0 Å². The molecule has 0 spiro atoms. The molecule has 1 N–H and O–H groups in total. The zero-order chi connectivity index (χ0) is 17.0. The number of esters is 1. The van der Waals surface area contributed by atoms with Gasteiger partial charge in [-0.25, -0.2) is 17.9 Å². The smallest absolute Gasteiger partial charge is 0.338 e. The number of rotatable bonds is 6. The molecule has 0 bridgehead atoms. The molecule has 0 heterocycles. The second-order valence-corrected chi connectivity index (χ2v) is 7.54. The summed E-state index contributed by atoms with van der Waals surface area (Å²) in [6, 6.07) is 5.35. The lowest BCUT2D eigenvalue weighted by Gasteiger charge is -2.16. The molecule has 0 aliphatic rings. The van der Waals surface area contributed by atoms with Gasteiger partial charge in [-0.3, -0.25) is 4.79 Å². The largest absolute Gasteiger partial charge is 0.454 e. The minimum absolute atomic E-state index is 0.0664. The third-order valence-electron chi connectivity index (χ3n) is 2.91. The van der Waals surface area contributed by atoms with Crippen LogP contribution in [0.3, 0.4) is 0 Å². The van der Waals surface area contributed by atoms with Gasteiger partial charge in [0.05, 0.1) is 10.5 Å². The lowest BCUT2D eigenvalue weighted by atomic mass is 9.91. The van der Waals surface area contributed by atoms with Crippen molar-refractivity contribution in [2.24, 2.45) is 5.41 Å². The molecule has 0 unspecified atom stereocenters. The van der Waals surface area contributed by atoms with E-state index in [1.165, 1.54) is 24.3 Å². The van der Waals surface area contributed by atoms with Gasteiger partial charge < -0.3 is 4.74 Å². The summed E-state index contributed by atoms with van der Waals surface area (Å²) >= 11 is 0. The molecule has 6 nitrogen and oxygen atoms in total. The van der Waals surface area contributed by atoms with Crippen molar-refractivity contribution in [3.8, 4) is 0 Å². The van der Waals surface area contributed by atoms with Gasteiger partial charge in [0.15, 0.2) is 12.4 Å². The summed E-state index contributed by atoms with van der Waals surface area (Å²) in [5.74, 6) is -0.850. The lowest BCUT2D eigenvalue weighted by molar-refractivity contribution is -0.129. The topological polar surface area (TPSA) is 89.5 Å². The monoisotopic (exact) mass is 327 g/mol. The molecule has 0 amide bonds. The van der Waals surface area contributed by atoms with Gasteiger partial charge in [-0.1, -0.05) is 27.7 Å². The molecule has 0 saturated carbocycles. The molecule has 122 valence electrons. The average Bonchev–Trinajstić information content (AvgIpc) is 2.43. The van der Waals surface area contributed by atoms with Crippen LogP contribution in [0.25, 0.3) is 0 Å². The SMILES string of the molecule is CCNS(=O)(=O)c1ccc(C(=O)OCC(=O)C(C)(C)C)cc1. The van der Waals surface area contributed by atoms with E-state index in [1.54, 1.807) is 27.7 Å². The quantitative estimate of drug-likeness (QED) is 0.804. The van der Waals surface area contributed by atoms with E-state index in [0.717, 1.165) is 0 Å². The molecular formula is C15H21NO5S. The number of nitrogens with one attached hydrogen (secondary N) is 1. The number of benzene rings is 1. The van der Waals surface area contributed by atoms with Crippen LogP contribution in [-0.2, 0) is 19.6 Å². The normalized spacial score (nSPS) is 12.0. The fourth-order valence-electron chi connectivity index (χ4n) is 1.47. The predicted octanol–water partition coefficient (Wildman–Crippen LogP) is 1.76. The second kappa shape index (κ2) is 7.02. The molecule has 22 heavy (non-hydrogen) atoms. The Hall–Kier alpha value is -1.73. The van der Waals surface area contributed by atoms with Crippen molar-refractivity contribution in [2.75, 3.05) is 13.2 Å². The third-order valence-corrected chi connectivity index (χ3v) is 4.47. The van der Waals surface area contributed by atoms with Crippen molar-refractivity contribution in [1.82, 2.24) is 4.72 Å². The van der Waals surface area contributed by atoms with Crippen LogP contribution in [0.1, 0.15) is 38.1 Å². The molecule has 1 aromatic carbocycles. The first-order valence-electron chi connectivity index (χ1n) is 6.88. The highest BCUT2D eigenvalue weighted by atomic mass is 32.2. The number of ether oxygens (including phenoxy) is 1. The van der Waals surface area contributed by atoms with Crippen LogP contribution in [0.15, 0.2) is 29.2 Å². The minimum atomic E-state index is -3.55. The summed E-state index contributed by atoms with van der Waals surface area (Å²) in [6.45, 7) is 6.87. The van der Waals surface area contributed by atoms with Crippen molar-refractivity contribution >= 4 is 21.8 Å². The molecular weight excluding hydrogens is 306 g/mol. The molecule has 0 atom stereocenters. The molecule has 0 aliphatic heterocycles. The van der Waals surface area contributed by atoms with Gasteiger partial charge in [0, 0.05) is 12.0 Å². The third kappa shape index (κ3) is 4.92. The van der Waals surface area contributed by atoms with E-state index >= 15 is 0 Å². The van der Waals surface area contributed by atoms with Crippen LogP contribution in [0.2, 0.25) is 0 Å². The summed E-state index contributed by atoms with van der Waals surface area (Å²) < 4.78 is 30.8. The number of ketones is 1. The van der Waals surface area contributed by atoms with Crippen LogP contribution >= 0.6 is 0 Å². The number of hydrogen-bond donors (Lipinski definition) is 1. The van der Waals surface area contributed by atoms with Crippen molar-refractivity contribution in [3.05, 3.63) is 29.8 Å². The molecule has 1 rings (SSSR count). The van der Waals surface area contributed by atoms with Crippen LogP contribution < -0.4 is 4.72 Å². The van der Waals surface area contributed by atoms with E-state index in [4.69, 9.17) is 4.74 Å². The maximum absolute atomic E-state index is 11.8. The second-order valence-electron chi connectivity index (χ2n) is 5.78. The zero-order valence-electron chi connectivity index (χ0n) is 13.2. The summed E-state index contributed by atoms with van der Waals surface area (Å²) in [4.78, 5) is 23.6. The Labute approximate surface area is 130 Å². The highest BCUT2D eigenvalue weighted by Crippen LogP contribution is 2.15. The molecule has 0 aliphatic carbocycles. The fraction of sp³-hybridized carbons (Fsp3) is 0.467. The number of Topliss-reactive ketones (excluding diaryl/α,β-unsaturated/α-hetero) is 1. The first kappa shape index (κ1) is 18.3. The maximum atomic E-state index is 11.8. The molecule has 0 saturated heterocycles. The fourth-order valence-corrected chi connectivity index (χ4v) is 2.52. The van der Waals surface area contributed by atoms with Crippen LogP contribution in [0.4, 0.5) is 0 Å². The first-order valence-corrected chi connectivity index (χ1v) is 8.36. The van der Waals surface area contributed by atoms with E-state index in [0.29, 0.717) is 0 Å². The van der Waals surface area contributed by atoms with Crippen molar-refractivity contribution < 1.29 is 22.7 Å². The number of carbonyl (C=O) groups is 2. The van der Waals surface area contributed by atoms with E-state index in [-0.39, 0.29) is 29.4 Å². The van der Waals surface area contributed by atoms with Crippen molar-refractivity contribution in [3.63, 3.8) is 0 Å². The Bertz CT molecular complexity index is 642. The number of hydrogen-bond acceptors (Lipinski definition) is 5. The molecule has 7 heteroatoms.